The molecule has 0 saturated carbocycles. The number of aromatic nitrogens is 2. The van der Waals surface area contributed by atoms with Crippen molar-refractivity contribution in [2.45, 2.75) is 26.7 Å². The molecule has 0 saturated heterocycles. The second kappa shape index (κ2) is 7.24. The zero-order chi connectivity index (χ0) is 14.4. The highest BCUT2D eigenvalue weighted by molar-refractivity contribution is 7.09. The minimum Gasteiger partial charge on any atom is -0.370 e. The summed E-state index contributed by atoms with van der Waals surface area (Å²) in [7, 11) is 2.10. The number of hydrogen-bond donors (Lipinski definition) is 1. The first-order valence-corrected chi connectivity index (χ1v) is 7.95. The first kappa shape index (κ1) is 14.8. The van der Waals surface area contributed by atoms with E-state index in [2.05, 4.69) is 58.6 Å². The molecule has 2 rings (SSSR count). The van der Waals surface area contributed by atoms with Crippen molar-refractivity contribution in [3.8, 4) is 0 Å². The van der Waals surface area contributed by atoms with Crippen molar-refractivity contribution < 1.29 is 0 Å². The molecule has 0 aliphatic heterocycles. The monoisotopic (exact) mass is 290 g/mol. The van der Waals surface area contributed by atoms with Gasteiger partial charge in [-0.15, -0.1) is 11.3 Å². The maximum Gasteiger partial charge on any atom is 0.137 e. The summed E-state index contributed by atoms with van der Waals surface area (Å²) in [4.78, 5) is 12.5. The Morgan fingerprint density at radius 2 is 2.15 bits per heavy atom. The van der Waals surface area contributed by atoms with Crippen LogP contribution in [0.1, 0.15) is 24.3 Å². The van der Waals surface area contributed by atoms with E-state index in [1.807, 2.05) is 11.3 Å². The highest BCUT2D eigenvalue weighted by Gasteiger charge is 2.13. The Hall–Kier alpha value is -1.62. The number of anilines is 2. The molecular weight excluding hydrogens is 268 g/mol. The van der Waals surface area contributed by atoms with Crippen molar-refractivity contribution >= 4 is 23.0 Å². The maximum atomic E-state index is 4.47. The second-order valence-electron chi connectivity index (χ2n) is 4.66. The summed E-state index contributed by atoms with van der Waals surface area (Å²) in [5.74, 6) is 2.00. The van der Waals surface area contributed by atoms with E-state index in [0.29, 0.717) is 0 Å². The number of nitrogens with zero attached hydrogens (tertiary/aromatic N) is 3. The van der Waals surface area contributed by atoms with Gasteiger partial charge in [-0.3, -0.25) is 0 Å². The van der Waals surface area contributed by atoms with Gasteiger partial charge in [-0.05, 0) is 31.2 Å². The molecule has 20 heavy (non-hydrogen) atoms. The number of hydrogen-bond acceptors (Lipinski definition) is 5. The van der Waals surface area contributed by atoms with Crippen LogP contribution >= 0.6 is 11.3 Å². The van der Waals surface area contributed by atoms with Crippen LogP contribution in [-0.4, -0.2) is 30.1 Å². The molecule has 2 aromatic heterocycles. The molecule has 0 atom stereocenters. The predicted octanol–water partition coefficient (Wildman–Crippen LogP) is 3.21. The van der Waals surface area contributed by atoms with Crippen LogP contribution in [0.5, 0.6) is 0 Å². The molecule has 2 heterocycles. The highest BCUT2D eigenvalue weighted by atomic mass is 32.1. The van der Waals surface area contributed by atoms with Crippen LogP contribution < -0.4 is 10.2 Å². The van der Waals surface area contributed by atoms with Gasteiger partial charge in [0.25, 0.3) is 0 Å². The van der Waals surface area contributed by atoms with E-state index in [1.165, 1.54) is 10.4 Å². The van der Waals surface area contributed by atoms with Crippen LogP contribution in [0.4, 0.5) is 11.6 Å². The van der Waals surface area contributed by atoms with Crippen LogP contribution in [0.3, 0.4) is 0 Å². The fourth-order valence-electron chi connectivity index (χ4n) is 2.22. The van der Waals surface area contributed by atoms with E-state index in [0.717, 1.165) is 37.6 Å². The molecule has 0 bridgehead atoms. The summed E-state index contributed by atoms with van der Waals surface area (Å²) in [6.45, 7) is 6.08. The third-order valence-electron chi connectivity index (χ3n) is 3.26. The summed E-state index contributed by atoms with van der Waals surface area (Å²) in [6, 6.07) is 4.29. The summed E-state index contributed by atoms with van der Waals surface area (Å²) in [6.07, 6.45) is 3.63. The van der Waals surface area contributed by atoms with Gasteiger partial charge in [-0.1, -0.05) is 13.0 Å². The van der Waals surface area contributed by atoms with E-state index >= 15 is 0 Å². The van der Waals surface area contributed by atoms with Crippen molar-refractivity contribution in [2.24, 2.45) is 0 Å². The Balaban J connectivity index is 2.11. The van der Waals surface area contributed by atoms with Crippen LogP contribution in [0, 0.1) is 0 Å². The Kier molecular flexibility index (Phi) is 5.35. The molecule has 0 spiro atoms. The molecule has 0 radical (unpaired) electrons. The van der Waals surface area contributed by atoms with Gasteiger partial charge in [-0.25, -0.2) is 9.97 Å². The fourth-order valence-corrected chi connectivity index (χ4v) is 2.91. The van der Waals surface area contributed by atoms with Gasteiger partial charge in [-0.2, -0.15) is 0 Å². The molecule has 108 valence electrons. The van der Waals surface area contributed by atoms with Crippen molar-refractivity contribution in [1.29, 1.82) is 0 Å². The van der Waals surface area contributed by atoms with Crippen molar-refractivity contribution in [3.05, 3.63) is 34.3 Å². The van der Waals surface area contributed by atoms with Gasteiger partial charge in [0.15, 0.2) is 0 Å². The van der Waals surface area contributed by atoms with Crippen LogP contribution in [0.25, 0.3) is 0 Å². The molecule has 0 fully saturated rings. The molecule has 5 heteroatoms. The zero-order valence-electron chi connectivity index (χ0n) is 12.4. The Morgan fingerprint density at radius 3 is 2.80 bits per heavy atom. The summed E-state index contributed by atoms with van der Waals surface area (Å²) in [5.41, 5.74) is 1.20. The van der Waals surface area contributed by atoms with Crippen LogP contribution in [-0.2, 0) is 12.8 Å². The Morgan fingerprint density at radius 1 is 1.30 bits per heavy atom. The molecule has 1 N–H and O–H groups in total. The third kappa shape index (κ3) is 3.48. The second-order valence-corrected chi connectivity index (χ2v) is 5.69. The van der Waals surface area contributed by atoms with Gasteiger partial charge < -0.3 is 10.2 Å². The molecule has 0 aliphatic carbocycles. The molecule has 4 nitrogen and oxygen atoms in total. The Bertz CT molecular complexity index is 525. The quantitative estimate of drug-likeness (QED) is 0.850. The molecule has 0 unspecified atom stereocenters. The van der Waals surface area contributed by atoms with Gasteiger partial charge in [0.1, 0.15) is 18.0 Å². The molecule has 2 aromatic rings. The van der Waals surface area contributed by atoms with Gasteiger partial charge >= 0.3 is 0 Å². The summed E-state index contributed by atoms with van der Waals surface area (Å²) in [5, 5.41) is 5.44. The van der Waals surface area contributed by atoms with E-state index in [-0.39, 0.29) is 0 Å². The molecule has 0 amide bonds. The first-order valence-electron chi connectivity index (χ1n) is 7.07. The number of thiophene rings is 1. The standard InChI is InChI=1S/C15H22N4S/c1-4-13-14(16-5-2)17-11-18-15(13)19(3)9-8-12-7-6-10-20-12/h6-7,10-11H,4-5,8-9H2,1-3H3,(H,16,17,18). The largest absolute Gasteiger partial charge is 0.370 e. The molecular formula is C15H22N4S. The van der Waals surface area contributed by atoms with Crippen LogP contribution in [0.2, 0.25) is 0 Å². The minimum atomic E-state index is 0.877. The van der Waals surface area contributed by atoms with E-state index in [9.17, 15) is 0 Å². The average molecular weight is 290 g/mol. The first-order chi connectivity index (χ1) is 9.76. The minimum absolute atomic E-state index is 0.877. The van der Waals surface area contributed by atoms with Gasteiger partial charge in [0.05, 0.1) is 0 Å². The summed E-state index contributed by atoms with van der Waals surface area (Å²) < 4.78 is 0. The normalized spacial score (nSPS) is 10.6. The van der Waals surface area contributed by atoms with Crippen molar-refractivity contribution in [1.82, 2.24) is 9.97 Å². The topological polar surface area (TPSA) is 41.1 Å². The lowest BCUT2D eigenvalue weighted by Crippen LogP contribution is -2.23. The van der Waals surface area contributed by atoms with E-state index in [4.69, 9.17) is 0 Å². The lowest BCUT2D eigenvalue weighted by molar-refractivity contribution is 0.849. The number of rotatable bonds is 7. The number of nitrogens with one attached hydrogen (secondary N) is 1. The van der Waals surface area contributed by atoms with Crippen molar-refractivity contribution in [2.75, 3.05) is 30.4 Å². The third-order valence-corrected chi connectivity index (χ3v) is 4.19. The predicted molar refractivity (Wildman–Crippen MR) is 86.9 cm³/mol. The SMILES string of the molecule is CCNc1ncnc(N(C)CCc2cccs2)c1CC. The Labute approximate surface area is 124 Å². The summed E-state index contributed by atoms with van der Waals surface area (Å²) >= 11 is 1.81. The average Bonchev–Trinajstić information content (AvgIpc) is 2.98. The smallest absolute Gasteiger partial charge is 0.137 e. The fraction of sp³-hybridized carbons (Fsp3) is 0.467. The lowest BCUT2D eigenvalue weighted by atomic mass is 10.2. The van der Waals surface area contributed by atoms with Crippen LogP contribution in [0.15, 0.2) is 23.8 Å². The molecule has 0 aromatic carbocycles. The zero-order valence-corrected chi connectivity index (χ0v) is 13.2. The van der Waals surface area contributed by atoms with E-state index in [1.54, 1.807) is 6.33 Å². The highest BCUT2D eigenvalue weighted by Crippen LogP contribution is 2.23. The lowest BCUT2D eigenvalue weighted by Gasteiger charge is -2.22. The van der Waals surface area contributed by atoms with E-state index < -0.39 is 0 Å². The van der Waals surface area contributed by atoms with Gasteiger partial charge in [0, 0.05) is 30.6 Å². The van der Waals surface area contributed by atoms with Gasteiger partial charge in [0.2, 0.25) is 0 Å². The molecule has 0 aliphatic rings. The maximum absolute atomic E-state index is 4.47. The number of likely N-dealkylation sites (N-methyl/N-ethyl adjacent to an activating group) is 1. The van der Waals surface area contributed by atoms with Crippen molar-refractivity contribution in [3.63, 3.8) is 0 Å².